The number of carbonyl (C=O) groups excluding carboxylic acids is 1. The van der Waals surface area contributed by atoms with E-state index in [0.29, 0.717) is 5.56 Å². The third-order valence-corrected chi connectivity index (χ3v) is 3.58. The first-order chi connectivity index (χ1) is 11.8. The molecule has 0 fully saturated rings. The Hall–Kier alpha value is -2.25. The second-order valence-corrected chi connectivity index (χ2v) is 5.59. The molecule has 0 aliphatic heterocycles. The van der Waals surface area contributed by atoms with E-state index in [0.717, 1.165) is 5.56 Å². The molecular formula is C18H20ClF3N2O2. The Labute approximate surface area is 155 Å². The fourth-order valence-corrected chi connectivity index (χ4v) is 2.22. The molecule has 8 heteroatoms. The molecule has 0 saturated heterocycles. The molecule has 3 N–H and O–H groups in total. The van der Waals surface area contributed by atoms with E-state index in [4.69, 9.17) is 5.73 Å². The van der Waals surface area contributed by atoms with Crippen molar-refractivity contribution < 1.29 is 22.7 Å². The summed E-state index contributed by atoms with van der Waals surface area (Å²) in [6, 6.07) is 13.9. The topological polar surface area (TPSA) is 64.4 Å². The van der Waals surface area contributed by atoms with Crippen LogP contribution in [-0.2, 0) is 4.79 Å². The Kier molecular flexibility index (Phi) is 7.92. The highest BCUT2D eigenvalue weighted by Gasteiger charge is 2.28. The highest BCUT2D eigenvalue weighted by atomic mass is 35.5. The van der Waals surface area contributed by atoms with Crippen molar-refractivity contribution in [1.82, 2.24) is 5.32 Å². The number of nitrogens with one attached hydrogen (secondary N) is 1. The average Bonchev–Trinajstić information content (AvgIpc) is 2.59. The second kappa shape index (κ2) is 9.45. The van der Waals surface area contributed by atoms with Crippen LogP contribution in [0.25, 0.3) is 0 Å². The SMILES string of the molecule is CC(NC(=O)C(N)c1ccccc1)c1ccc(OCC(F)(F)F)cc1.Cl. The maximum Gasteiger partial charge on any atom is 0.422 e. The van der Waals surface area contributed by atoms with Crippen LogP contribution >= 0.6 is 12.4 Å². The van der Waals surface area contributed by atoms with Gasteiger partial charge in [-0.1, -0.05) is 42.5 Å². The van der Waals surface area contributed by atoms with Crippen LogP contribution in [0.1, 0.15) is 30.1 Å². The van der Waals surface area contributed by atoms with Gasteiger partial charge < -0.3 is 15.8 Å². The summed E-state index contributed by atoms with van der Waals surface area (Å²) in [6.07, 6.45) is -4.38. The molecule has 2 aromatic carbocycles. The number of rotatable bonds is 6. The van der Waals surface area contributed by atoms with Crippen molar-refractivity contribution in [2.45, 2.75) is 25.2 Å². The van der Waals surface area contributed by atoms with Crippen molar-refractivity contribution in [2.75, 3.05) is 6.61 Å². The molecule has 0 radical (unpaired) electrons. The zero-order valence-corrected chi connectivity index (χ0v) is 14.8. The monoisotopic (exact) mass is 388 g/mol. The number of nitrogens with two attached hydrogens (primary N) is 1. The molecule has 1 amide bonds. The minimum atomic E-state index is -4.38. The van der Waals surface area contributed by atoms with Crippen LogP contribution in [0.5, 0.6) is 5.75 Å². The quantitative estimate of drug-likeness (QED) is 0.788. The van der Waals surface area contributed by atoms with Crippen LogP contribution in [0.4, 0.5) is 13.2 Å². The second-order valence-electron chi connectivity index (χ2n) is 5.59. The zero-order chi connectivity index (χ0) is 18.4. The van der Waals surface area contributed by atoms with E-state index < -0.39 is 18.8 Å². The van der Waals surface area contributed by atoms with Gasteiger partial charge in [-0.05, 0) is 30.2 Å². The molecule has 0 aliphatic rings. The van der Waals surface area contributed by atoms with Crippen LogP contribution < -0.4 is 15.8 Å². The predicted molar refractivity (Wildman–Crippen MR) is 95.2 cm³/mol. The third-order valence-electron chi connectivity index (χ3n) is 3.58. The van der Waals surface area contributed by atoms with Gasteiger partial charge in [-0.25, -0.2) is 0 Å². The summed E-state index contributed by atoms with van der Waals surface area (Å²) in [7, 11) is 0. The van der Waals surface area contributed by atoms with E-state index in [2.05, 4.69) is 10.1 Å². The molecule has 2 atom stereocenters. The smallest absolute Gasteiger partial charge is 0.422 e. The highest BCUT2D eigenvalue weighted by molar-refractivity contribution is 5.85. The van der Waals surface area contributed by atoms with Gasteiger partial charge in [0, 0.05) is 0 Å². The molecule has 2 rings (SSSR count). The van der Waals surface area contributed by atoms with E-state index in [1.807, 2.05) is 6.07 Å². The number of halogens is 4. The maximum atomic E-state index is 12.2. The summed E-state index contributed by atoms with van der Waals surface area (Å²) in [5.41, 5.74) is 7.36. The van der Waals surface area contributed by atoms with Gasteiger partial charge in [0.15, 0.2) is 6.61 Å². The molecule has 0 saturated carbocycles. The summed E-state index contributed by atoms with van der Waals surface area (Å²) in [4.78, 5) is 12.2. The van der Waals surface area contributed by atoms with Crippen LogP contribution in [0.2, 0.25) is 0 Å². The van der Waals surface area contributed by atoms with Crippen molar-refractivity contribution in [3.63, 3.8) is 0 Å². The van der Waals surface area contributed by atoms with Crippen molar-refractivity contribution in [3.8, 4) is 5.75 Å². The number of amides is 1. The van der Waals surface area contributed by atoms with Crippen molar-refractivity contribution in [2.24, 2.45) is 5.73 Å². The zero-order valence-electron chi connectivity index (χ0n) is 14.0. The Bertz CT molecular complexity index is 694. The number of carbonyl (C=O) groups is 1. The molecule has 0 aliphatic carbocycles. The first-order valence-electron chi connectivity index (χ1n) is 7.66. The number of hydrogen-bond donors (Lipinski definition) is 2. The third kappa shape index (κ3) is 6.57. The lowest BCUT2D eigenvalue weighted by Crippen LogP contribution is -2.35. The summed E-state index contributed by atoms with van der Waals surface area (Å²) in [5, 5.41) is 2.79. The number of alkyl halides is 3. The predicted octanol–water partition coefficient (Wildman–Crippen LogP) is 3.93. The van der Waals surface area contributed by atoms with Crippen LogP contribution in [0.3, 0.4) is 0 Å². The van der Waals surface area contributed by atoms with Gasteiger partial charge in [-0.2, -0.15) is 13.2 Å². The Morgan fingerprint density at radius 2 is 1.65 bits per heavy atom. The fraction of sp³-hybridized carbons (Fsp3) is 0.278. The summed E-state index contributed by atoms with van der Waals surface area (Å²) < 4.78 is 41.0. The van der Waals surface area contributed by atoms with Gasteiger partial charge in [-0.3, -0.25) is 4.79 Å². The molecule has 2 aromatic rings. The minimum Gasteiger partial charge on any atom is -0.484 e. The van der Waals surface area contributed by atoms with Gasteiger partial charge in [0.25, 0.3) is 0 Å². The minimum absolute atomic E-state index is 0. The number of ether oxygens (including phenoxy) is 1. The van der Waals surface area contributed by atoms with Gasteiger partial charge in [0.2, 0.25) is 5.91 Å². The van der Waals surface area contributed by atoms with Crippen molar-refractivity contribution in [3.05, 3.63) is 65.7 Å². The largest absolute Gasteiger partial charge is 0.484 e. The van der Waals surface area contributed by atoms with Crippen LogP contribution in [0, 0.1) is 0 Å². The van der Waals surface area contributed by atoms with Gasteiger partial charge in [0.05, 0.1) is 6.04 Å². The lowest BCUT2D eigenvalue weighted by atomic mass is 10.0. The molecule has 0 heterocycles. The summed E-state index contributed by atoms with van der Waals surface area (Å²) in [6.45, 7) is 0.422. The molecule has 0 bridgehead atoms. The number of benzene rings is 2. The molecule has 0 aromatic heterocycles. The molecular weight excluding hydrogens is 369 g/mol. The normalized spacial score (nSPS) is 13.3. The van der Waals surface area contributed by atoms with E-state index in [1.165, 1.54) is 12.1 Å². The standard InChI is InChI=1S/C18H19F3N2O2.ClH/c1-12(23-17(24)16(22)14-5-3-2-4-6-14)13-7-9-15(10-8-13)25-11-18(19,20)21;/h2-10,12,16H,11,22H2,1H3,(H,23,24);1H. The maximum absolute atomic E-state index is 12.2. The lowest BCUT2D eigenvalue weighted by molar-refractivity contribution is -0.153. The average molecular weight is 389 g/mol. The van der Waals surface area contributed by atoms with Crippen LogP contribution in [0.15, 0.2) is 54.6 Å². The Balaban J connectivity index is 0.00000338. The van der Waals surface area contributed by atoms with E-state index in [1.54, 1.807) is 43.3 Å². The van der Waals surface area contributed by atoms with Gasteiger partial charge >= 0.3 is 6.18 Å². The van der Waals surface area contributed by atoms with E-state index in [-0.39, 0.29) is 30.1 Å². The van der Waals surface area contributed by atoms with Gasteiger partial charge in [0.1, 0.15) is 11.8 Å². The van der Waals surface area contributed by atoms with E-state index >= 15 is 0 Å². The first kappa shape index (κ1) is 21.8. The van der Waals surface area contributed by atoms with Crippen molar-refractivity contribution >= 4 is 18.3 Å². The summed E-state index contributed by atoms with van der Waals surface area (Å²) >= 11 is 0. The summed E-state index contributed by atoms with van der Waals surface area (Å²) in [5.74, 6) is -0.225. The molecule has 142 valence electrons. The van der Waals surface area contributed by atoms with Gasteiger partial charge in [-0.15, -0.1) is 12.4 Å². The van der Waals surface area contributed by atoms with Crippen LogP contribution in [-0.4, -0.2) is 18.7 Å². The molecule has 4 nitrogen and oxygen atoms in total. The molecule has 2 unspecified atom stereocenters. The molecule has 0 spiro atoms. The highest BCUT2D eigenvalue weighted by Crippen LogP contribution is 2.21. The molecule has 26 heavy (non-hydrogen) atoms. The lowest BCUT2D eigenvalue weighted by Gasteiger charge is -2.18. The Morgan fingerprint density at radius 3 is 2.19 bits per heavy atom. The number of hydrogen-bond acceptors (Lipinski definition) is 3. The first-order valence-corrected chi connectivity index (χ1v) is 7.66. The Morgan fingerprint density at radius 1 is 1.08 bits per heavy atom. The van der Waals surface area contributed by atoms with E-state index in [9.17, 15) is 18.0 Å². The fourth-order valence-electron chi connectivity index (χ4n) is 2.22. The van der Waals surface area contributed by atoms with Crippen molar-refractivity contribution in [1.29, 1.82) is 0 Å².